The number of halogens is 1. The SMILES string of the molecule is C[C@H]1CN(Cc2ccco2)CCN1c1cc(N)c(Cl)cn1. The Bertz CT molecular complexity index is 602. The lowest BCUT2D eigenvalue weighted by atomic mass is 10.2. The first kappa shape index (κ1) is 14.2. The van der Waals surface area contributed by atoms with Crippen LogP contribution in [0.5, 0.6) is 0 Å². The summed E-state index contributed by atoms with van der Waals surface area (Å²) in [5, 5.41) is 0.503. The van der Waals surface area contributed by atoms with Gasteiger partial charge in [-0.15, -0.1) is 0 Å². The van der Waals surface area contributed by atoms with E-state index in [2.05, 4.69) is 21.7 Å². The van der Waals surface area contributed by atoms with Crippen molar-refractivity contribution in [3.05, 3.63) is 41.4 Å². The molecule has 1 aliphatic rings. The van der Waals surface area contributed by atoms with Gasteiger partial charge in [0.05, 0.1) is 23.5 Å². The van der Waals surface area contributed by atoms with E-state index in [1.165, 1.54) is 0 Å². The third-order valence-electron chi connectivity index (χ3n) is 3.84. The summed E-state index contributed by atoms with van der Waals surface area (Å²) in [5.41, 5.74) is 6.44. The van der Waals surface area contributed by atoms with E-state index in [-0.39, 0.29) is 0 Å². The maximum absolute atomic E-state index is 5.93. The van der Waals surface area contributed by atoms with Crippen molar-refractivity contribution in [2.75, 3.05) is 30.3 Å². The Hall–Kier alpha value is -1.72. The van der Waals surface area contributed by atoms with Gasteiger partial charge < -0.3 is 15.1 Å². The topological polar surface area (TPSA) is 58.5 Å². The number of anilines is 2. The third kappa shape index (κ3) is 3.14. The van der Waals surface area contributed by atoms with Gasteiger partial charge in [-0.3, -0.25) is 4.90 Å². The first-order chi connectivity index (χ1) is 10.1. The maximum Gasteiger partial charge on any atom is 0.130 e. The second-order valence-electron chi connectivity index (χ2n) is 5.42. The summed E-state index contributed by atoms with van der Waals surface area (Å²) in [6.45, 7) is 5.89. The van der Waals surface area contributed by atoms with Crippen molar-refractivity contribution in [1.82, 2.24) is 9.88 Å². The molecule has 2 aromatic rings. The van der Waals surface area contributed by atoms with Crippen molar-refractivity contribution < 1.29 is 4.42 Å². The van der Waals surface area contributed by atoms with E-state index in [0.29, 0.717) is 16.8 Å². The quantitative estimate of drug-likeness (QED) is 0.944. The number of furan rings is 1. The summed E-state index contributed by atoms with van der Waals surface area (Å²) < 4.78 is 5.41. The Kier molecular flexibility index (Phi) is 4.03. The van der Waals surface area contributed by atoms with Crippen molar-refractivity contribution in [3.8, 4) is 0 Å². The lowest BCUT2D eigenvalue weighted by Crippen LogP contribution is -2.51. The molecule has 0 unspecified atom stereocenters. The van der Waals surface area contributed by atoms with E-state index >= 15 is 0 Å². The van der Waals surface area contributed by atoms with Crippen LogP contribution >= 0.6 is 11.6 Å². The second kappa shape index (κ2) is 5.95. The molecule has 5 nitrogen and oxygen atoms in total. The highest BCUT2D eigenvalue weighted by atomic mass is 35.5. The predicted molar refractivity (Wildman–Crippen MR) is 84.5 cm³/mol. The van der Waals surface area contributed by atoms with Crippen LogP contribution in [0.1, 0.15) is 12.7 Å². The zero-order chi connectivity index (χ0) is 14.8. The Morgan fingerprint density at radius 1 is 1.48 bits per heavy atom. The number of aromatic nitrogens is 1. The lowest BCUT2D eigenvalue weighted by molar-refractivity contribution is 0.205. The minimum absolute atomic E-state index is 0.363. The first-order valence-corrected chi connectivity index (χ1v) is 7.43. The molecule has 0 bridgehead atoms. The van der Waals surface area contributed by atoms with Gasteiger partial charge in [-0.1, -0.05) is 11.6 Å². The minimum atomic E-state index is 0.363. The summed E-state index contributed by atoms with van der Waals surface area (Å²) in [5.74, 6) is 1.89. The fourth-order valence-corrected chi connectivity index (χ4v) is 2.84. The van der Waals surface area contributed by atoms with E-state index in [1.54, 1.807) is 12.5 Å². The Morgan fingerprint density at radius 3 is 3.00 bits per heavy atom. The van der Waals surface area contributed by atoms with E-state index in [0.717, 1.165) is 37.8 Å². The van der Waals surface area contributed by atoms with Crippen LogP contribution in [0.25, 0.3) is 0 Å². The normalized spacial score (nSPS) is 19.9. The molecule has 1 aliphatic heterocycles. The number of piperazine rings is 1. The fraction of sp³-hybridized carbons (Fsp3) is 0.400. The van der Waals surface area contributed by atoms with Crippen molar-refractivity contribution in [2.45, 2.75) is 19.5 Å². The summed E-state index contributed by atoms with van der Waals surface area (Å²) in [6, 6.07) is 6.15. The van der Waals surface area contributed by atoms with Crippen LogP contribution in [0.2, 0.25) is 5.02 Å². The molecule has 6 heteroatoms. The molecule has 1 fully saturated rings. The Labute approximate surface area is 129 Å². The molecule has 0 saturated carbocycles. The number of nitrogen functional groups attached to an aromatic ring is 1. The van der Waals surface area contributed by atoms with Gasteiger partial charge in [0.15, 0.2) is 0 Å². The van der Waals surface area contributed by atoms with Crippen LogP contribution in [-0.2, 0) is 6.54 Å². The average Bonchev–Trinajstić information content (AvgIpc) is 2.95. The van der Waals surface area contributed by atoms with Gasteiger partial charge in [0.25, 0.3) is 0 Å². The highest BCUT2D eigenvalue weighted by Gasteiger charge is 2.25. The van der Waals surface area contributed by atoms with Crippen LogP contribution in [0.3, 0.4) is 0 Å². The molecule has 0 aromatic carbocycles. The van der Waals surface area contributed by atoms with Crippen LogP contribution in [0.4, 0.5) is 11.5 Å². The van der Waals surface area contributed by atoms with Crippen LogP contribution in [0.15, 0.2) is 35.1 Å². The molecule has 1 atom stereocenters. The molecule has 112 valence electrons. The van der Waals surface area contributed by atoms with Gasteiger partial charge in [-0.25, -0.2) is 4.98 Å². The second-order valence-corrected chi connectivity index (χ2v) is 5.83. The fourth-order valence-electron chi connectivity index (χ4n) is 2.74. The van der Waals surface area contributed by atoms with Gasteiger partial charge in [0, 0.05) is 37.9 Å². The molecular weight excluding hydrogens is 288 g/mol. The summed E-state index contributed by atoms with van der Waals surface area (Å²) in [4.78, 5) is 9.05. The zero-order valence-electron chi connectivity index (χ0n) is 12.0. The van der Waals surface area contributed by atoms with Gasteiger partial charge in [0.2, 0.25) is 0 Å². The van der Waals surface area contributed by atoms with Gasteiger partial charge >= 0.3 is 0 Å². The molecular formula is C15H19ClN4O. The molecule has 2 aromatic heterocycles. The van der Waals surface area contributed by atoms with E-state index < -0.39 is 0 Å². The van der Waals surface area contributed by atoms with Crippen LogP contribution in [0, 0.1) is 0 Å². The third-order valence-corrected chi connectivity index (χ3v) is 4.15. The molecule has 0 aliphatic carbocycles. The van der Waals surface area contributed by atoms with Gasteiger partial charge in [0.1, 0.15) is 11.6 Å². The molecule has 1 saturated heterocycles. The minimum Gasteiger partial charge on any atom is -0.468 e. The molecule has 0 radical (unpaired) electrons. The Balaban J connectivity index is 1.66. The van der Waals surface area contributed by atoms with Crippen molar-refractivity contribution in [1.29, 1.82) is 0 Å². The van der Waals surface area contributed by atoms with Crippen molar-refractivity contribution in [3.63, 3.8) is 0 Å². The maximum atomic E-state index is 5.93. The number of rotatable bonds is 3. The van der Waals surface area contributed by atoms with Crippen LogP contribution < -0.4 is 10.6 Å². The lowest BCUT2D eigenvalue weighted by Gasteiger charge is -2.40. The predicted octanol–water partition coefficient (Wildman–Crippen LogP) is 2.62. The monoisotopic (exact) mass is 306 g/mol. The molecule has 3 rings (SSSR count). The smallest absolute Gasteiger partial charge is 0.130 e. The molecule has 3 heterocycles. The summed E-state index contributed by atoms with van der Waals surface area (Å²) in [6.07, 6.45) is 3.34. The first-order valence-electron chi connectivity index (χ1n) is 7.06. The van der Waals surface area contributed by atoms with Crippen molar-refractivity contribution >= 4 is 23.1 Å². The van der Waals surface area contributed by atoms with E-state index in [9.17, 15) is 0 Å². The van der Waals surface area contributed by atoms with E-state index in [1.807, 2.05) is 18.2 Å². The molecule has 2 N–H and O–H groups in total. The van der Waals surface area contributed by atoms with E-state index in [4.69, 9.17) is 21.8 Å². The largest absolute Gasteiger partial charge is 0.468 e. The molecule has 21 heavy (non-hydrogen) atoms. The molecule has 0 amide bonds. The Morgan fingerprint density at radius 2 is 2.33 bits per heavy atom. The highest BCUT2D eigenvalue weighted by molar-refractivity contribution is 6.32. The standard InChI is InChI=1S/C15H19ClN4O/c1-11-9-19(10-12-3-2-6-21-12)4-5-20(11)15-7-14(17)13(16)8-18-15/h2-3,6-8,11H,4-5,9-10H2,1H3,(H2,17,18)/t11-/m0/s1. The number of pyridine rings is 1. The summed E-state index contributed by atoms with van der Waals surface area (Å²) >= 11 is 5.93. The van der Waals surface area contributed by atoms with Crippen LogP contribution in [-0.4, -0.2) is 35.6 Å². The van der Waals surface area contributed by atoms with Gasteiger partial charge in [-0.2, -0.15) is 0 Å². The molecule has 0 spiro atoms. The summed E-state index contributed by atoms with van der Waals surface area (Å²) in [7, 11) is 0. The number of nitrogens with zero attached hydrogens (tertiary/aromatic N) is 3. The zero-order valence-corrected chi connectivity index (χ0v) is 12.8. The van der Waals surface area contributed by atoms with Gasteiger partial charge in [-0.05, 0) is 19.1 Å². The number of hydrogen-bond donors (Lipinski definition) is 1. The average molecular weight is 307 g/mol. The number of nitrogens with two attached hydrogens (primary N) is 1. The number of hydrogen-bond acceptors (Lipinski definition) is 5. The van der Waals surface area contributed by atoms with Crippen molar-refractivity contribution in [2.24, 2.45) is 0 Å². The highest BCUT2D eigenvalue weighted by Crippen LogP contribution is 2.25.